The molecule has 0 aliphatic carbocycles. The van der Waals surface area contributed by atoms with E-state index in [1.807, 2.05) is 42.5 Å². The molecule has 2 N–H and O–H groups in total. The van der Waals surface area contributed by atoms with E-state index in [1.165, 1.54) is 12.0 Å². The lowest BCUT2D eigenvalue weighted by atomic mass is 10.0. The minimum absolute atomic E-state index is 0.00224. The van der Waals surface area contributed by atoms with Crippen LogP contribution in [0.15, 0.2) is 59.8 Å². The van der Waals surface area contributed by atoms with E-state index in [2.05, 4.69) is 10.5 Å². The number of aliphatic hydroxyl groups excluding tert-OH is 1. The van der Waals surface area contributed by atoms with E-state index in [0.717, 1.165) is 11.1 Å². The Bertz CT molecular complexity index is 865. The minimum Gasteiger partial charge on any atom is -0.399 e. The molecular formula is C22H25N3O4. The zero-order valence-corrected chi connectivity index (χ0v) is 16.4. The van der Waals surface area contributed by atoms with Crippen LogP contribution in [-0.4, -0.2) is 60.4 Å². The summed E-state index contributed by atoms with van der Waals surface area (Å²) in [6, 6.07) is 16.6. The van der Waals surface area contributed by atoms with Gasteiger partial charge in [-0.3, -0.25) is 9.59 Å². The molecule has 7 heteroatoms. The van der Waals surface area contributed by atoms with Gasteiger partial charge in [-0.2, -0.15) is 0 Å². The number of carbonyl (C=O) groups is 2. The number of carbonyl (C=O) groups excluding carboxylic acids is 2. The molecule has 0 spiro atoms. The van der Waals surface area contributed by atoms with Crippen LogP contribution in [-0.2, 0) is 9.63 Å². The van der Waals surface area contributed by atoms with Gasteiger partial charge < -0.3 is 20.2 Å². The van der Waals surface area contributed by atoms with E-state index >= 15 is 0 Å². The van der Waals surface area contributed by atoms with Crippen molar-refractivity contribution in [2.45, 2.75) is 18.9 Å². The first-order valence-electron chi connectivity index (χ1n) is 9.58. The molecule has 1 atom stereocenters. The Morgan fingerprint density at radius 1 is 1.14 bits per heavy atom. The fourth-order valence-electron chi connectivity index (χ4n) is 3.36. The Morgan fingerprint density at radius 3 is 2.48 bits per heavy atom. The zero-order chi connectivity index (χ0) is 20.6. The Hall–Kier alpha value is -3.19. The second-order valence-electron chi connectivity index (χ2n) is 6.80. The van der Waals surface area contributed by atoms with Gasteiger partial charge >= 0.3 is 0 Å². The minimum atomic E-state index is -0.649. The third-order valence-electron chi connectivity index (χ3n) is 4.82. The number of benzene rings is 2. The molecule has 3 rings (SSSR count). The molecule has 2 aromatic carbocycles. The molecule has 2 amide bonds. The van der Waals surface area contributed by atoms with Crippen LogP contribution in [0, 0.1) is 0 Å². The van der Waals surface area contributed by atoms with Gasteiger partial charge in [-0.1, -0.05) is 47.6 Å². The summed E-state index contributed by atoms with van der Waals surface area (Å²) in [4.78, 5) is 32.0. The molecule has 1 aliphatic heterocycles. The molecule has 29 heavy (non-hydrogen) atoms. The predicted octanol–water partition coefficient (Wildman–Crippen LogP) is 2.07. The predicted molar refractivity (Wildman–Crippen MR) is 110 cm³/mol. The van der Waals surface area contributed by atoms with Crippen molar-refractivity contribution < 1.29 is 19.5 Å². The summed E-state index contributed by atoms with van der Waals surface area (Å²) in [5.41, 5.74) is 3.24. The molecule has 1 saturated heterocycles. The maximum Gasteiger partial charge on any atom is 0.254 e. The average Bonchev–Trinajstić information content (AvgIpc) is 3.18. The summed E-state index contributed by atoms with van der Waals surface area (Å²) in [7, 11) is 1.44. The lowest BCUT2D eigenvalue weighted by molar-refractivity contribution is -0.124. The first-order valence-corrected chi connectivity index (χ1v) is 9.58. The number of hydrogen-bond donors (Lipinski definition) is 2. The van der Waals surface area contributed by atoms with Crippen LogP contribution in [0.25, 0.3) is 11.1 Å². The van der Waals surface area contributed by atoms with Crippen molar-refractivity contribution in [2.75, 3.05) is 26.8 Å². The Kier molecular flexibility index (Phi) is 6.97. The number of oxime groups is 1. The zero-order valence-electron chi connectivity index (χ0n) is 16.4. The number of nitrogens with zero attached hydrogens (tertiary/aromatic N) is 2. The molecule has 0 radical (unpaired) electrons. The number of likely N-dealkylation sites (tertiary alicyclic amines) is 1. The van der Waals surface area contributed by atoms with Gasteiger partial charge in [0.2, 0.25) is 5.91 Å². The highest BCUT2D eigenvalue weighted by Gasteiger charge is 2.38. The highest BCUT2D eigenvalue weighted by atomic mass is 16.6. The first-order chi connectivity index (χ1) is 14.1. The van der Waals surface area contributed by atoms with Crippen molar-refractivity contribution in [1.29, 1.82) is 0 Å². The average molecular weight is 395 g/mol. The Balaban J connectivity index is 1.77. The van der Waals surface area contributed by atoms with E-state index < -0.39 is 6.04 Å². The second kappa shape index (κ2) is 9.84. The van der Waals surface area contributed by atoms with Gasteiger partial charge in [-0.25, -0.2) is 0 Å². The largest absolute Gasteiger partial charge is 0.399 e. The molecule has 1 heterocycles. The maximum absolute atomic E-state index is 13.1. The molecule has 0 unspecified atom stereocenters. The summed E-state index contributed by atoms with van der Waals surface area (Å²) in [5.74, 6) is -0.484. The van der Waals surface area contributed by atoms with Crippen LogP contribution in [0.5, 0.6) is 0 Å². The highest BCUT2D eigenvalue weighted by molar-refractivity contribution is 6.05. The van der Waals surface area contributed by atoms with Crippen LogP contribution < -0.4 is 5.32 Å². The fourth-order valence-corrected chi connectivity index (χ4v) is 3.36. The van der Waals surface area contributed by atoms with E-state index in [4.69, 9.17) is 9.94 Å². The number of nitrogens with one attached hydrogen (secondary N) is 1. The van der Waals surface area contributed by atoms with Crippen molar-refractivity contribution in [3.8, 4) is 11.1 Å². The van der Waals surface area contributed by atoms with Gasteiger partial charge in [0.05, 0.1) is 12.3 Å². The van der Waals surface area contributed by atoms with Gasteiger partial charge in [0.1, 0.15) is 13.2 Å². The normalized spacial score (nSPS) is 17.4. The molecule has 1 aliphatic rings. The number of aliphatic hydroxyl groups is 1. The van der Waals surface area contributed by atoms with Gasteiger partial charge in [-0.15, -0.1) is 0 Å². The summed E-state index contributed by atoms with van der Waals surface area (Å²) in [6.45, 7) is 0.597. The highest BCUT2D eigenvalue weighted by Crippen LogP contribution is 2.23. The van der Waals surface area contributed by atoms with Crippen LogP contribution >= 0.6 is 0 Å². The molecule has 1 fully saturated rings. The quantitative estimate of drug-likeness (QED) is 0.555. The maximum atomic E-state index is 13.1. The van der Waals surface area contributed by atoms with E-state index in [0.29, 0.717) is 30.7 Å². The monoisotopic (exact) mass is 395 g/mol. The van der Waals surface area contributed by atoms with E-state index in [1.54, 1.807) is 12.1 Å². The van der Waals surface area contributed by atoms with Gasteiger partial charge in [0, 0.05) is 25.1 Å². The molecule has 152 valence electrons. The number of amides is 2. The topological polar surface area (TPSA) is 91.2 Å². The second-order valence-corrected chi connectivity index (χ2v) is 6.80. The fraction of sp³-hybridized carbons (Fsp3) is 0.318. The molecule has 0 bridgehead atoms. The standard InChI is InChI=1S/C22H25N3O4/c1-29-24-19-14-20(21(27)23-12-5-13-26)25(15-19)22(28)18-10-8-17(9-11-18)16-6-3-2-4-7-16/h2-4,6-11,20,26H,5,12-15H2,1H3,(H,23,27)/t20-/m0/s1. The summed E-state index contributed by atoms with van der Waals surface area (Å²) < 4.78 is 0. The lowest BCUT2D eigenvalue weighted by Crippen LogP contribution is -2.46. The van der Waals surface area contributed by atoms with E-state index in [9.17, 15) is 9.59 Å². The third kappa shape index (κ3) is 5.00. The van der Waals surface area contributed by atoms with Gasteiger partial charge in [0.25, 0.3) is 5.91 Å². The molecule has 0 saturated carbocycles. The van der Waals surface area contributed by atoms with Crippen molar-refractivity contribution in [3.05, 3.63) is 60.2 Å². The molecule has 0 aromatic heterocycles. The molecule has 2 aromatic rings. The molecular weight excluding hydrogens is 370 g/mol. The van der Waals surface area contributed by atoms with Crippen molar-refractivity contribution in [3.63, 3.8) is 0 Å². The summed E-state index contributed by atoms with van der Waals surface area (Å²) in [6.07, 6.45) is 0.791. The van der Waals surface area contributed by atoms with E-state index in [-0.39, 0.29) is 25.0 Å². The Labute approximate surface area is 170 Å². The van der Waals surface area contributed by atoms with Gasteiger partial charge in [0.15, 0.2) is 0 Å². The Morgan fingerprint density at radius 2 is 1.83 bits per heavy atom. The molecule has 7 nitrogen and oxygen atoms in total. The van der Waals surface area contributed by atoms with Crippen LogP contribution in [0.2, 0.25) is 0 Å². The smallest absolute Gasteiger partial charge is 0.254 e. The van der Waals surface area contributed by atoms with Crippen molar-refractivity contribution in [2.24, 2.45) is 5.16 Å². The van der Waals surface area contributed by atoms with Crippen LogP contribution in [0.4, 0.5) is 0 Å². The first kappa shape index (κ1) is 20.5. The van der Waals surface area contributed by atoms with Crippen LogP contribution in [0.3, 0.4) is 0 Å². The van der Waals surface area contributed by atoms with Crippen molar-refractivity contribution in [1.82, 2.24) is 10.2 Å². The number of hydrogen-bond acceptors (Lipinski definition) is 5. The summed E-state index contributed by atoms with van der Waals surface area (Å²) in [5, 5.41) is 15.6. The van der Waals surface area contributed by atoms with Crippen molar-refractivity contribution >= 4 is 17.5 Å². The third-order valence-corrected chi connectivity index (χ3v) is 4.82. The van der Waals surface area contributed by atoms with Crippen LogP contribution in [0.1, 0.15) is 23.2 Å². The number of rotatable bonds is 7. The lowest BCUT2D eigenvalue weighted by Gasteiger charge is -2.23. The SMILES string of the molecule is CON=C1C[C@@H](C(=O)NCCCO)N(C(=O)c2ccc(-c3ccccc3)cc2)C1. The van der Waals surface area contributed by atoms with Gasteiger partial charge in [-0.05, 0) is 29.7 Å². The summed E-state index contributed by atoms with van der Waals surface area (Å²) >= 11 is 0.